The van der Waals surface area contributed by atoms with E-state index in [1.54, 1.807) is 21.1 Å². The van der Waals surface area contributed by atoms with Gasteiger partial charge in [0, 0.05) is 26.8 Å². The monoisotopic (exact) mass is 358 g/mol. The minimum atomic E-state index is -0.204. The number of anilines is 3. The zero-order chi connectivity index (χ0) is 19.3. The standard InChI is InChI=1S/C19H30N6O/c1-12(2)11-13(3)14-9-7-8-10-15(14)23-19(26)16-17(20-4)24-25(22-6)18(16)21-5/h7-10,12-13,21-22H,11H2,1-6H3,(H,20,24)(H,23,26). The number of nitrogens with one attached hydrogen (secondary N) is 4. The van der Waals surface area contributed by atoms with Crippen LogP contribution in [0, 0.1) is 5.92 Å². The van der Waals surface area contributed by atoms with Gasteiger partial charge in [0.15, 0.2) is 11.6 Å². The first-order chi connectivity index (χ1) is 12.4. The Labute approximate surface area is 155 Å². The van der Waals surface area contributed by atoms with Crippen LogP contribution in [0.3, 0.4) is 0 Å². The number of hydrogen-bond acceptors (Lipinski definition) is 5. The quantitative estimate of drug-likeness (QED) is 0.580. The Morgan fingerprint density at radius 1 is 1.12 bits per heavy atom. The lowest BCUT2D eigenvalue weighted by molar-refractivity contribution is 0.102. The van der Waals surface area contributed by atoms with Crippen LogP contribution < -0.4 is 21.4 Å². The third-order valence-corrected chi connectivity index (χ3v) is 4.36. The lowest BCUT2D eigenvalue weighted by Crippen LogP contribution is -2.18. The summed E-state index contributed by atoms with van der Waals surface area (Å²) in [7, 11) is 5.26. The van der Waals surface area contributed by atoms with E-state index >= 15 is 0 Å². The van der Waals surface area contributed by atoms with E-state index in [2.05, 4.69) is 53.3 Å². The second-order valence-corrected chi connectivity index (χ2v) is 6.78. The summed E-state index contributed by atoms with van der Waals surface area (Å²) in [5.74, 6) is 1.86. The average molecular weight is 358 g/mol. The molecule has 0 aliphatic heterocycles. The van der Waals surface area contributed by atoms with Gasteiger partial charge in [0.2, 0.25) is 0 Å². The van der Waals surface area contributed by atoms with E-state index in [4.69, 9.17) is 0 Å². The zero-order valence-electron chi connectivity index (χ0n) is 16.5. The van der Waals surface area contributed by atoms with Gasteiger partial charge in [0.25, 0.3) is 5.91 Å². The number of para-hydroxylation sites is 1. The van der Waals surface area contributed by atoms with Crippen LogP contribution in [0.4, 0.5) is 17.3 Å². The predicted octanol–water partition coefficient (Wildman–Crippen LogP) is 3.54. The van der Waals surface area contributed by atoms with Gasteiger partial charge in [0.05, 0.1) is 0 Å². The van der Waals surface area contributed by atoms with Crippen LogP contribution in [0.5, 0.6) is 0 Å². The van der Waals surface area contributed by atoms with Crippen LogP contribution in [0.1, 0.15) is 49.0 Å². The Bertz CT molecular complexity index is 752. The summed E-state index contributed by atoms with van der Waals surface area (Å²) in [6.45, 7) is 6.62. The van der Waals surface area contributed by atoms with Crippen LogP contribution in [0.15, 0.2) is 24.3 Å². The predicted molar refractivity (Wildman–Crippen MR) is 109 cm³/mol. The normalized spacial score (nSPS) is 12.0. The smallest absolute Gasteiger partial charge is 0.263 e. The van der Waals surface area contributed by atoms with Crippen molar-refractivity contribution in [1.82, 2.24) is 9.89 Å². The van der Waals surface area contributed by atoms with Gasteiger partial charge >= 0.3 is 0 Å². The van der Waals surface area contributed by atoms with Gasteiger partial charge in [-0.05, 0) is 29.9 Å². The number of hydrogen-bond donors (Lipinski definition) is 4. The molecule has 0 bridgehead atoms. The van der Waals surface area contributed by atoms with Gasteiger partial charge in [-0.25, -0.2) is 0 Å². The van der Waals surface area contributed by atoms with E-state index in [1.165, 1.54) is 4.79 Å². The fourth-order valence-electron chi connectivity index (χ4n) is 3.26. The van der Waals surface area contributed by atoms with E-state index in [-0.39, 0.29) is 5.91 Å². The number of aromatic nitrogens is 2. The molecular weight excluding hydrogens is 328 g/mol. The van der Waals surface area contributed by atoms with Gasteiger partial charge in [-0.2, -0.15) is 4.79 Å². The van der Waals surface area contributed by atoms with Gasteiger partial charge in [-0.1, -0.05) is 39.0 Å². The Kier molecular flexibility index (Phi) is 6.49. The Hall–Kier alpha value is -2.70. The third-order valence-electron chi connectivity index (χ3n) is 4.36. The minimum absolute atomic E-state index is 0.204. The third kappa shape index (κ3) is 4.09. The number of nitrogens with zero attached hydrogens (tertiary/aromatic N) is 2. The molecule has 1 unspecified atom stereocenters. The molecule has 0 spiro atoms. The molecule has 7 nitrogen and oxygen atoms in total. The van der Waals surface area contributed by atoms with Gasteiger partial charge < -0.3 is 21.4 Å². The van der Waals surface area contributed by atoms with Crippen molar-refractivity contribution in [3.05, 3.63) is 35.4 Å². The summed E-state index contributed by atoms with van der Waals surface area (Å²) in [4.78, 5) is 14.6. The second kappa shape index (κ2) is 8.60. The van der Waals surface area contributed by atoms with E-state index in [9.17, 15) is 4.79 Å². The summed E-state index contributed by atoms with van der Waals surface area (Å²) >= 11 is 0. The Balaban J connectivity index is 2.36. The van der Waals surface area contributed by atoms with Crippen LogP contribution in [-0.4, -0.2) is 36.9 Å². The van der Waals surface area contributed by atoms with Crippen LogP contribution in [-0.2, 0) is 0 Å². The molecule has 7 heteroatoms. The zero-order valence-corrected chi connectivity index (χ0v) is 16.5. The molecule has 2 rings (SSSR count). The van der Waals surface area contributed by atoms with Crippen molar-refractivity contribution in [2.75, 3.05) is 42.5 Å². The van der Waals surface area contributed by atoms with E-state index in [0.29, 0.717) is 29.0 Å². The minimum Gasteiger partial charge on any atom is -0.371 e. The molecule has 0 aliphatic rings. The molecule has 0 aliphatic carbocycles. The Morgan fingerprint density at radius 3 is 2.38 bits per heavy atom. The van der Waals surface area contributed by atoms with E-state index in [0.717, 1.165) is 17.7 Å². The van der Waals surface area contributed by atoms with Crippen molar-refractivity contribution in [2.45, 2.75) is 33.1 Å². The SMILES string of the molecule is CNc1nn(NC)c(NC)c1C(=O)Nc1ccccc1C(C)CC(C)C. The molecule has 1 aromatic carbocycles. The molecule has 1 amide bonds. The van der Waals surface area contributed by atoms with Gasteiger partial charge in [-0.15, -0.1) is 5.10 Å². The summed E-state index contributed by atoms with van der Waals surface area (Å²) in [5.41, 5.74) is 5.39. The first kappa shape index (κ1) is 19.6. The first-order valence-corrected chi connectivity index (χ1v) is 8.99. The summed E-state index contributed by atoms with van der Waals surface area (Å²) in [5, 5.41) is 13.4. The molecule has 4 N–H and O–H groups in total. The summed E-state index contributed by atoms with van der Waals surface area (Å²) in [6, 6.07) is 7.98. The molecule has 0 radical (unpaired) electrons. The van der Waals surface area contributed by atoms with Crippen molar-refractivity contribution in [2.24, 2.45) is 5.92 Å². The lowest BCUT2D eigenvalue weighted by Gasteiger charge is -2.19. The van der Waals surface area contributed by atoms with Crippen LogP contribution >= 0.6 is 0 Å². The van der Waals surface area contributed by atoms with Crippen molar-refractivity contribution < 1.29 is 4.79 Å². The fraction of sp³-hybridized carbons (Fsp3) is 0.474. The molecule has 1 atom stereocenters. The topological polar surface area (TPSA) is 83.0 Å². The highest BCUT2D eigenvalue weighted by atomic mass is 16.1. The first-order valence-electron chi connectivity index (χ1n) is 8.99. The average Bonchev–Trinajstić information content (AvgIpc) is 2.99. The Morgan fingerprint density at radius 2 is 1.81 bits per heavy atom. The van der Waals surface area contributed by atoms with Crippen LogP contribution in [0.25, 0.3) is 0 Å². The summed E-state index contributed by atoms with van der Waals surface area (Å²) in [6.07, 6.45) is 1.06. The molecular formula is C19H30N6O. The van der Waals surface area contributed by atoms with Crippen molar-refractivity contribution in [3.8, 4) is 0 Å². The molecule has 1 heterocycles. The maximum atomic E-state index is 13.0. The maximum absolute atomic E-state index is 13.0. The number of carbonyl (C=O) groups excluding carboxylic acids is 1. The molecule has 26 heavy (non-hydrogen) atoms. The van der Waals surface area contributed by atoms with E-state index < -0.39 is 0 Å². The van der Waals surface area contributed by atoms with Gasteiger partial charge in [-0.3, -0.25) is 4.79 Å². The second-order valence-electron chi connectivity index (χ2n) is 6.78. The number of benzene rings is 1. The van der Waals surface area contributed by atoms with Crippen molar-refractivity contribution >= 4 is 23.2 Å². The maximum Gasteiger partial charge on any atom is 0.263 e. The molecule has 0 saturated heterocycles. The summed E-state index contributed by atoms with van der Waals surface area (Å²) < 4.78 is 0. The van der Waals surface area contributed by atoms with Crippen LogP contribution in [0.2, 0.25) is 0 Å². The van der Waals surface area contributed by atoms with Crippen molar-refractivity contribution in [1.29, 1.82) is 0 Å². The molecule has 0 saturated carbocycles. The van der Waals surface area contributed by atoms with Gasteiger partial charge in [0.1, 0.15) is 5.56 Å². The molecule has 142 valence electrons. The van der Waals surface area contributed by atoms with Crippen molar-refractivity contribution in [3.63, 3.8) is 0 Å². The van der Waals surface area contributed by atoms with E-state index in [1.807, 2.05) is 18.2 Å². The number of rotatable bonds is 8. The fourth-order valence-corrected chi connectivity index (χ4v) is 3.26. The largest absolute Gasteiger partial charge is 0.371 e. The highest BCUT2D eigenvalue weighted by Crippen LogP contribution is 2.31. The highest BCUT2D eigenvalue weighted by Gasteiger charge is 2.24. The highest BCUT2D eigenvalue weighted by molar-refractivity contribution is 6.11. The molecule has 0 fully saturated rings. The lowest BCUT2D eigenvalue weighted by atomic mass is 9.91. The number of carbonyl (C=O) groups is 1. The number of amides is 1. The molecule has 1 aromatic heterocycles. The molecule has 2 aromatic rings.